The Morgan fingerprint density at radius 1 is 1.11 bits per heavy atom. The third-order valence-corrected chi connectivity index (χ3v) is 3.35. The third kappa shape index (κ3) is 4.74. The van der Waals surface area contributed by atoms with Crippen molar-refractivity contribution in [3.05, 3.63) is 0 Å². The van der Waals surface area contributed by atoms with E-state index in [1.807, 2.05) is 0 Å². The van der Waals surface area contributed by atoms with Crippen LogP contribution in [-0.2, 0) is 19.1 Å². The number of ether oxygens (including phenoxy) is 1. The standard InChI is InChI=1S/C12H22N2O4S/c1-8(13(3)10(15)6-7-19)11(16)14(4)9(2)12(17)18-5/h8-9,19H,6-7H2,1-5H3. The Kier molecular flexibility index (Phi) is 7.51. The molecule has 2 unspecified atom stereocenters. The van der Waals surface area contributed by atoms with Crippen molar-refractivity contribution < 1.29 is 19.1 Å². The lowest BCUT2D eigenvalue weighted by Gasteiger charge is -2.30. The number of amides is 2. The molecule has 0 aliphatic heterocycles. The fourth-order valence-electron chi connectivity index (χ4n) is 1.47. The highest BCUT2D eigenvalue weighted by atomic mass is 32.1. The van der Waals surface area contributed by atoms with Crippen molar-refractivity contribution >= 4 is 30.4 Å². The number of nitrogens with zero attached hydrogens (tertiary/aromatic N) is 2. The van der Waals surface area contributed by atoms with Gasteiger partial charge in [-0.05, 0) is 19.6 Å². The van der Waals surface area contributed by atoms with E-state index >= 15 is 0 Å². The van der Waals surface area contributed by atoms with Crippen LogP contribution in [0.25, 0.3) is 0 Å². The summed E-state index contributed by atoms with van der Waals surface area (Å²) in [4.78, 5) is 37.9. The first-order chi connectivity index (χ1) is 8.77. The Morgan fingerprint density at radius 3 is 2.05 bits per heavy atom. The van der Waals surface area contributed by atoms with Gasteiger partial charge in [-0.1, -0.05) is 0 Å². The first kappa shape index (κ1) is 17.8. The lowest BCUT2D eigenvalue weighted by molar-refractivity contribution is -0.153. The van der Waals surface area contributed by atoms with Crippen LogP contribution in [0.1, 0.15) is 20.3 Å². The largest absolute Gasteiger partial charge is 0.467 e. The molecule has 6 nitrogen and oxygen atoms in total. The summed E-state index contributed by atoms with van der Waals surface area (Å²) in [6.07, 6.45) is 0.271. The molecule has 0 fully saturated rings. The molecule has 0 saturated heterocycles. The van der Waals surface area contributed by atoms with E-state index in [9.17, 15) is 14.4 Å². The highest BCUT2D eigenvalue weighted by Crippen LogP contribution is 2.07. The molecular weight excluding hydrogens is 268 g/mol. The molecule has 0 spiro atoms. The number of carbonyl (C=O) groups is 3. The van der Waals surface area contributed by atoms with Crippen molar-refractivity contribution in [1.82, 2.24) is 9.80 Å². The van der Waals surface area contributed by atoms with Gasteiger partial charge in [-0.3, -0.25) is 9.59 Å². The number of likely N-dealkylation sites (N-methyl/N-ethyl adjacent to an activating group) is 2. The van der Waals surface area contributed by atoms with Crippen LogP contribution < -0.4 is 0 Å². The van der Waals surface area contributed by atoms with Gasteiger partial charge in [-0.15, -0.1) is 0 Å². The maximum Gasteiger partial charge on any atom is 0.328 e. The van der Waals surface area contributed by atoms with Gasteiger partial charge >= 0.3 is 5.97 Å². The van der Waals surface area contributed by atoms with Gasteiger partial charge in [0, 0.05) is 20.5 Å². The number of methoxy groups -OCH3 is 1. The molecule has 0 N–H and O–H groups in total. The smallest absolute Gasteiger partial charge is 0.328 e. The molecule has 0 aromatic carbocycles. The van der Waals surface area contributed by atoms with Crippen LogP contribution in [-0.4, -0.2) is 66.6 Å². The minimum absolute atomic E-state index is 0.157. The molecule has 0 aromatic heterocycles. The Balaban J connectivity index is 4.72. The van der Waals surface area contributed by atoms with Crippen LogP contribution >= 0.6 is 12.6 Å². The molecule has 0 aliphatic carbocycles. The van der Waals surface area contributed by atoms with Crippen molar-refractivity contribution in [2.24, 2.45) is 0 Å². The van der Waals surface area contributed by atoms with Crippen LogP contribution in [0.4, 0.5) is 0 Å². The Hall–Kier alpha value is -1.24. The Bertz CT molecular complexity index is 349. The summed E-state index contributed by atoms with van der Waals surface area (Å²) in [5, 5.41) is 0. The molecular formula is C12H22N2O4S. The molecule has 7 heteroatoms. The fraction of sp³-hybridized carbons (Fsp3) is 0.750. The van der Waals surface area contributed by atoms with Gasteiger partial charge in [0.15, 0.2) is 0 Å². The van der Waals surface area contributed by atoms with E-state index in [1.165, 1.54) is 24.0 Å². The fourth-order valence-corrected chi connectivity index (χ4v) is 1.66. The predicted octanol–water partition coefficient (Wildman–Crippen LogP) is 0.173. The number of esters is 1. The molecule has 110 valence electrons. The number of hydrogen-bond donors (Lipinski definition) is 1. The number of rotatable bonds is 6. The molecule has 0 heterocycles. The second-order valence-corrected chi connectivity index (χ2v) is 4.75. The van der Waals surface area contributed by atoms with Gasteiger partial charge in [-0.25, -0.2) is 4.79 Å². The maximum atomic E-state index is 12.2. The quantitative estimate of drug-likeness (QED) is 0.559. The minimum atomic E-state index is -0.687. The van der Waals surface area contributed by atoms with Gasteiger partial charge in [0.1, 0.15) is 12.1 Å². The van der Waals surface area contributed by atoms with Crippen molar-refractivity contribution in [1.29, 1.82) is 0 Å². The molecule has 2 amide bonds. The monoisotopic (exact) mass is 290 g/mol. The molecule has 0 rings (SSSR count). The summed E-state index contributed by atoms with van der Waals surface area (Å²) in [6, 6.07) is -1.32. The zero-order valence-corrected chi connectivity index (χ0v) is 12.9. The van der Waals surface area contributed by atoms with Gasteiger partial charge in [0.2, 0.25) is 11.8 Å². The van der Waals surface area contributed by atoms with Crippen LogP contribution in [0.2, 0.25) is 0 Å². The summed E-state index contributed by atoms with van der Waals surface area (Å²) in [7, 11) is 4.34. The van der Waals surface area contributed by atoms with Crippen molar-refractivity contribution in [2.75, 3.05) is 27.0 Å². The Morgan fingerprint density at radius 2 is 1.63 bits per heavy atom. The SMILES string of the molecule is COC(=O)C(C)N(C)C(=O)C(C)N(C)C(=O)CCS. The molecule has 19 heavy (non-hydrogen) atoms. The van der Waals surface area contributed by atoms with Crippen LogP contribution in [0.15, 0.2) is 0 Å². The van der Waals surface area contributed by atoms with Gasteiger partial charge in [0.25, 0.3) is 0 Å². The molecule has 0 radical (unpaired) electrons. The summed E-state index contributed by atoms with van der Waals surface area (Å²) < 4.78 is 4.59. The van der Waals surface area contributed by atoms with E-state index in [0.717, 1.165) is 0 Å². The predicted molar refractivity (Wildman–Crippen MR) is 75.0 cm³/mol. The third-order valence-electron chi connectivity index (χ3n) is 3.13. The zero-order chi connectivity index (χ0) is 15.2. The normalized spacial score (nSPS) is 13.4. The Labute approximate surface area is 119 Å². The minimum Gasteiger partial charge on any atom is -0.467 e. The summed E-state index contributed by atoms with van der Waals surface area (Å²) in [5.41, 5.74) is 0. The van der Waals surface area contributed by atoms with Crippen LogP contribution in [0.3, 0.4) is 0 Å². The molecule has 0 saturated carbocycles. The second-order valence-electron chi connectivity index (χ2n) is 4.30. The van der Waals surface area contributed by atoms with Gasteiger partial charge in [0.05, 0.1) is 7.11 Å². The zero-order valence-electron chi connectivity index (χ0n) is 12.0. The highest BCUT2D eigenvalue weighted by Gasteiger charge is 2.29. The summed E-state index contributed by atoms with van der Waals surface area (Å²) >= 11 is 3.98. The van der Waals surface area contributed by atoms with Gasteiger partial charge < -0.3 is 14.5 Å². The number of hydrogen-bond acceptors (Lipinski definition) is 5. The first-order valence-electron chi connectivity index (χ1n) is 5.98. The average molecular weight is 290 g/mol. The lowest BCUT2D eigenvalue weighted by Crippen LogP contribution is -2.51. The van der Waals surface area contributed by atoms with Crippen molar-refractivity contribution in [3.63, 3.8) is 0 Å². The summed E-state index contributed by atoms with van der Waals surface area (Å²) in [6.45, 7) is 3.20. The molecule has 0 aromatic rings. The number of thiol groups is 1. The second kappa shape index (κ2) is 8.04. The highest BCUT2D eigenvalue weighted by molar-refractivity contribution is 7.80. The van der Waals surface area contributed by atoms with E-state index < -0.39 is 18.1 Å². The van der Waals surface area contributed by atoms with Crippen molar-refractivity contribution in [2.45, 2.75) is 32.4 Å². The summed E-state index contributed by atoms with van der Waals surface area (Å²) in [5.74, 6) is -0.534. The van der Waals surface area contributed by atoms with Crippen LogP contribution in [0.5, 0.6) is 0 Å². The molecule has 0 aliphatic rings. The topological polar surface area (TPSA) is 66.9 Å². The van der Waals surface area contributed by atoms with Crippen LogP contribution in [0, 0.1) is 0 Å². The van der Waals surface area contributed by atoms with E-state index in [1.54, 1.807) is 20.9 Å². The first-order valence-corrected chi connectivity index (χ1v) is 6.62. The van der Waals surface area contributed by atoms with E-state index in [4.69, 9.17) is 0 Å². The van der Waals surface area contributed by atoms with E-state index in [2.05, 4.69) is 17.4 Å². The average Bonchev–Trinajstić information content (AvgIpc) is 2.42. The van der Waals surface area contributed by atoms with E-state index in [0.29, 0.717) is 5.75 Å². The lowest BCUT2D eigenvalue weighted by atomic mass is 10.2. The molecule has 0 bridgehead atoms. The van der Waals surface area contributed by atoms with E-state index in [-0.39, 0.29) is 18.2 Å². The van der Waals surface area contributed by atoms with Gasteiger partial charge in [-0.2, -0.15) is 12.6 Å². The maximum absolute atomic E-state index is 12.2. The molecule has 2 atom stereocenters. The van der Waals surface area contributed by atoms with Crippen molar-refractivity contribution in [3.8, 4) is 0 Å². The number of carbonyl (C=O) groups excluding carboxylic acids is 3.